The SMILES string of the molecule is O=C(Cn1nnc2ccccc21)N/N=C\c1ccc(-c2ccccc2Cl)o1. The molecule has 1 amide bonds. The standard InChI is InChI=1S/C19H14ClN5O2/c20-15-6-2-1-5-14(15)18-10-9-13(27-18)11-21-23-19(26)12-25-17-8-4-3-7-16(17)22-24-25/h1-11H,12H2,(H,23,26)/b21-11-. The third-order valence-electron chi connectivity index (χ3n) is 3.86. The van der Waals surface area contributed by atoms with Crippen LogP contribution in [-0.2, 0) is 11.3 Å². The highest BCUT2D eigenvalue weighted by molar-refractivity contribution is 6.33. The summed E-state index contributed by atoms with van der Waals surface area (Å²) in [5.41, 5.74) is 4.76. The van der Waals surface area contributed by atoms with E-state index in [-0.39, 0.29) is 12.5 Å². The van der Waals surface area contributed by atoms with Crippen molar-refractivity contribution in [3.63, 3.8) is 0 Å². The number of hydrazone groups is 1. The smallest absolute Gasteiger partial charge is 0.261 e. The van der Waals surface area contributed by atoms with Crippen molar-refractivity contribution in [2.75, 3.05) is 0 Å². The molecule has 2 aromatic carbocycles. The van der Waals surface area contributed by atoms with Gasteiger partial charge in [0.05, 0.1) is 16.8 Å². The van der Waals surface area contributed by atoms with Crippen molar-refractivity contribution in [3.05, 3.63) is 71.4 Å². The molecule has 4 aromatic rings. The zero-order valence-corrected chi connectivity index (χ0v) is 14.8. The summed E-state index contributed by atoms with van der Waals surface area (Å²) in [5.74, 6) is 0.804. The molecule has 0 atom stereocenters. The summed E-state index contributed by atoms with van der Waals surface area (Å²) in [7, 11) is 0. The summed E-state index contributed by atoms with van der Waals surface area (Å²) in [4.78, 5) is 12.1. The fourth-order valence-corrected chi connectivity index (χ4v) is 2.83. The summed E-state index contributed by atoms with van der Waals surface area (Å²) < 4.78 is 7.20. The van der Waals surface area contributed by atoms with Crippen molar-refractivity contribution in [1.82, 2.24) is 20.4 Å². The van der Waals surface area contributed by atoms with E-state index in [1.165, 1.54) is 10.9 Å². The molecule has 4 rings (SSSR count). The summed E-state index contributed by atoms with van der Waals surface area (Å²) >= 11 is 6.16. The third kappa shape index (κ3) is 3.73. The number of para-hydroxylation sites is 1. The number of furan rings is 1. The van der Waals surface area contributed by atoms with E-state index in [4.69, 9.17) is 16.0 Å². The lowest BCUT2D eigenvalue weighted by molar-refractivity contribution is -0.121. The molecule has 2 heterocycles. The molecule has 0 aliphatic carbocycles. The first-order chi connectivity index (χ1) is 13.2. The third-order valence-corrected chi connectivity index (χ3v) is 4.19. The van der Waals surface area contributed by atoms with Crippen LogP contribution in [0.5, 0.6) is 0 Å². The molecule has 2 aromatic heterocycles. The van der Waals surface area contributed by atoms with Gasteiger partial charge in [-0.15, -0.1) is 5.10 Å². The Labute approximate surface area is 159 Å². The van der Waals surface area contributed by atoms with Crippen molar-refractivity contribution in [3.8, 4) is 11.3 Å². The van der Waals surface area contributed by atoms with E-state index in [9.17, 15) is 4.79 Å². The molecule has 0 bridgehead atoms. The number of hydrogen-bond donors (Lipinski definition) is 1. The highest BCUT2D eigenvalue weighted by atomic mass is 35.5. The van der Waals surface area contributed by atoms with Crippen LogP contribution >= 0.6 is 11.6 Å². The van der Waals surface area contributed by atoms with Gasteiger partial charge in [0, 0.05) is 5.56 Å². The fraction of sp³-hybridized carbons (Fsp3) is 0.0526. The average molecular weight is 380 g/mol. The molecule has 1 N–H and O–H groups in total. The Hall–Kier alpha value is -3.45. The monoisotopic (exact) mass is 379 g/mol. The summed E-state index contributed by atoms with van der Waals surface area (Å²) in [6.07, 6.45) is 1.43. The quantitative estimate of drug-likeness (QED) is 0.425. The van der Waals surface area contributed by atoms with Gasteiger partial charge in [0.1, 0.15) is 23.6 Å². The average Bonchev–Trinajstić information content (AvgIpc) is 3.30. The minimum Gasteiger partial charge on any atom is -0.455 e. The second kappa shape index (κ2) is 7.43. The van der Waals surface area contributed by atoms with Crippen molar-refractivity contribution in [2.24, 2.45) is 5.10 Å². The second-order valence-corrected chi connectivity index (χ2v) is 6.12. The molecular formula is C19H14ClN5O2. The molecule has 0 aliphatic rings. The molecule has 0 saturated carbocycles. The number of carbonyl (C=O) groups is 1. The van der Waals surface area contributed by atoms with E-state index in [0.29, 0.717) is 16.5 Å². The summed E-state index contributed by atoms with van der Waals surface area (Å²) in [5, 5.41) is 12.5. The van der Waals surface area contributed by atoms with E-state index in [0.717, 1.165) is 16.6 Å². The first-order valence-electron chi connectivity index (χ1n) is 8.15. The number of amides is 1. The molecule has 0 fully saturated rings. The van der Waals surface area contributed by atoms with Gasteiger partial charge in [0.15, 0.2) is 0 Å². The first-order valence-corrected chi connectivity index (χ1v) is 8.53. The molecule has 0 saturated heterocycles. The molecule has 27 heavy (non-hydrogen) atoms. The van der Waals surface area contributed by atoms with E-state index in [1.807, 2.05) is 42.5 Å². The van der Waals surface area contributed by atoms with Crippen molar-refractivity contribution < 1.29 is 9.21 Å². The number of carbonyl (C=O) groups excluding carboxylic acids is 1. The van der Waals surface area contributed by atoms with Gasteiger partial charge in [-0.1, -0.05) is 41.1 Å². The Morgan fingerprint density at radius 1 is 1.15 bits per heavy atom. The Morgan fingerprint density at radius 3 is 2.85 bits per heavy atom. The maximum Gasteiger partial charge on any atom is 0.261 e. The summed E-state index contributed by atoms with van der Waals surface area (Å²) in [6, 6.07) is 18.4. The normalized spacial score (nSPS) is 11.3. The molecule has 0 spiro atoms. The molecule has 0 unspecified atom stereocenters. The first kappa shape index (κ1) is 17.0. The van der Waals surface area contributed by atoms with Gasteiger partial charge in [-0.3, -0.25) is 4.79 Å². The topological polar surface area (TPSA) is 85.3 Å². The maximum atomic E-state index is 12.1. The Balaban J connectivity index is 1.39. The Kier molecular flexibility index (Phi) is 4.67. The number of aromatic nitrogens is 3. The highest BCUT2D eigenvalue weighted by Crippen LogP contribution is 2.28. The maximum absolute atomic E-state index is 12.1. The second-order valence-electron chi connectivity index (χ2n) is 5.71. The minimum atomic E-state index is -0.320. The van der Waals surface area contributed by atoms with Crippen LogP contribution < -0.4 is 5.43 Å². The fourth-order valence-electron chi connectivity index (χ4n) is 2.60. The van der Waals surface area contributed by atoms with Crippen LogP contribution in [0.3, 0.4) is 0 Å². The lowest BCUT2D eigenvalue weighted by Crippen LogP contribution is -2.23. The van der Waals surface area contributed by atoms with E-state index >= 15 is 0 Å². The van der Waals surface area contributed by atoms with Gasteiger partial charge in [0.2, 0.25) is 0 Å². The van der Waals surface area contributed by atoms with Crippen LogP contribution in [-0.4, -0.2) is 27.1 Å². The van der Waals surface area contributed by atoms with Crippen LogP contribution in [0.25, 0.3) is 22.4 Å². The van der Waals surface area contributed by atoms with Crippen LogP contribution in [0.15, 0.2) is 70.2 Å². The van der Waals surface area contributed by atoms with Gasteiger partial charge >= 0.3 is 0 Å². The largest absolute Gasteiger partial charge is 0.455 e. The van der Waals surface area contributed by atoms with Crippen LogP contribution in [0.2, 0.25) is 5.02 Å². The predicted octanol–water partition coefficient (Wildman–Crippen LogP) is 3.50. The number of fused-ring (bicyclic) bond motifs is 1. The van der Waals surface area contributed by atoms with Crippen molar-refractivity contribution in [1.29, 1.82) is 0 Å². The van der Waals surface area contributed by atoms with Crippen LogP contribution in [0.4, 0.5) is 0 Å². The van der Waals surface area contributed by atoms with E-state index < -0.39 is 0 Å². The molecule has 0 radical (unpaired) electrons. The van der Waals surface area contributed by atoms with Gasteiger partial charge in [-0.2, -0.15) is 5.10 Å². The number of hydrogen-bond acceptors (Lipinski definition) is 5. The predicted molar refractivity (Wildman–Crippen MR) is 102 cm³/mol. The minimum absolute atomic E-state index is 0.0148. The zero-order valence-electron chi connectivity index (χ0n) is 14.0. The Bertz CT molecular complexity index is 1130. The number of nitrogens with zero attached hydrogens (tertiary/aromatic N) is 4. The number of nitrogens with one attached hydrogen (secondary N) is 1. The number of rotatable bonds is 5. The van der Waals surface area contributed by atoms with Crippen molar-refractivity contribution in [2.45, 2.75) is 6.54 Å². The van der Waals surface area contributed by atoms with Gasteiger partial charge in [0.25, 0.3) is 5.91 Å². The molecule has 0 aliphatic heterocycles. The van der Waals surface area contributed by atoms with Crippen molar-refractivity contribution >= 4 is 34.8 Å². The summed E-state index contributed by atoms with van der Waals surface area (Å²) in [6.45, 7) is 0.0148. The lowest BCUT2D eigenvalue weighted by atomic mass is 10.2. The molecule has 134 valence electrons. The molecule has 7 nitrogen and oxygen atoms in total. The van der Waals surface area contributed by atoms with E-state index in [1.54, 1.807) is 18.2 Å². The Morgan fingerprint density at radius 2 is 1.96 bits per heavy atom. The van der Waals surface area contributed by atoms with Crippen LogP contribution in [0, 0.1) is 0 Å². The zero-order chi connectivity index (χ0) is 18.6. The molecule has 8 heteroatoms. The lowest BCUT2D eigenvalue weighted by Gasteiger charge is -2.00. The number of benzene rings is 2. The molecular weight excluding hydrogens is 366 g/mol. The van der Waals surface area contributed by atoms with Crippen LogP contribution in [0.1, 0.15) is 5.76 Å². The number of halogens is 1. The van der Waals surface area contributed by atoms with Gasteiger partial charge < -0.3 is 4.42 Å². The van der Waals surface area contributed by atoms with E-state index in [2.05, 4.69) is 20.8 Å². The van der Waals surface area contributed by atoms with Gasteiger partial charge in [-0.05, 0) is 36.4 Å². The highest BCUT2D eigenvalue weighted by Gasteiger charge is 2.09. The van der Waals surface area contributed by atoms with Gasteiger partial charge in [-0.25, -0.2) is 10.1 Å².